The van der Waals surface area contributed by atoms with Crippen LogP contribution in [0.25, 0.3) is 0 Å². The predicted molar refractivity (Wildman–Crippen MR) is 68.7 cm³/mol. The highest BCUT2D eigenvalue weighted by atomic mass is 79.9. The molecule has 0 unspecified atom stereocenters. The van der Waals surface area contributed by atoms with E-state index in [1.165, 1.54) is 20.0 Å². The van der Waals surface area contributed by atoms with E-state index in [1.54, 1.807) is 18.2 Å². The molecule has 0 aliphatic heterocycles. The largest absolute Gasteiger partial charge is 0.492 e. The van der Waals surface area contributed by atoms with Crippen molar-refractivity contribution in [3.63, 3.8) is 0 Å². The third-order valence-electron chi connectivity index (χ3n) is 3.07. The van der Waals surface area contributed by atoms with Gasteiger partial charge >= 0.3 is 5.97 Å². The van der Waals surface area contributed by atoms with E-state index in [1.807, 2.05) is 6.07 Å². The number of halogens is 1. The van der Waals surface area contributed by atoms with Crippen molar-refractivity contribution in [3.05, 3.63) is 29.8 Å². The highest BCUT2D eigenvalue weighted by Gasteiger charge is 2.42. The molecule has 3 nitrogen and oxygen atoms in total. The molecule has 4 heteroatoms. The maximum Gasteiger partial charge on any atom is 0.341 e. The van der Waals surface area contributed by atoms with Gasteiger partial charge in [0.1, 0.15) is 11.3 Å². The Labute approximate surface area is 109 Å². The highest BCUT2D eigenvalue weighted by molar-refractivity contribution is 9.09. The lowest BCUT2D eigenvalue weighted by molar-refractivity contribution is 0.0595. The quantitative estimate of drug-likeness (QED) is 0.619. The summed E-state index contributed by atoms with van der Waals surface area (Å²) in [6.45, 7) is 0.645. The average molecular weight is 299 g/mol. The minimum Gasteiger partial charge on any atom is -0.492 e. The Kier molecular flexibility index (Phi) is 3.72. The Morgan fingerprint density at radius 3 is 2.71 bits per heavy atom. The van der Waals surface area contributed by atoms with Crippen molar-refractivity contribution in [3.8, 4) is 5.75 Å². The van der Waals surface area contributed by atoms with Crippen molar-refractivity contribution in [2.75, 3.05) is 19.0 Å². The lowest BCUT2D eigenvalue weighted by Gasteiger charge is -2.15. The van der Waals surface area contributed by atoms with Crippen LogP contribution in [0.3, 0.4) is 0 Å². The first-order valence-corrected chi connectivity index (χ1v) is 6.69. The zero-order chi connectivity index (χ0) is 12.3. The number of ether oxygens (including phenoxy) is 2. The van der Waals surface area contributed by atoms with Gasteiger partial charge < -0.3 is 9.47 Å². The minimum absolute atomic E-state index is 0.267. The number of esters is 1. The number of carbonyl (C=O) groups is 1. The molecule has 0 N–H and O–H groups in total. The summed E-state index contributed by atoms with van der Waals surface area (Å²) in [4.78, 5) is 11.5. The Morgan fingerprint density at radius 1 is 1.41 bits per heavy atom. The number of para-hydroxylation sites is 1. The van der Waals surface area contributed by atoms with Gasteiger partial charge in [0, 0.05) is 10.7 Å². The van der Waals surface area contributed by atoms with E-state index in [4.69, 9.17) is 9.47 Å². The average Bonchev–Trinajstić information content (AvgIpc) is 3.16. The summed E-state index contributed by atoms with van der Waals surface area (Å²) in [5.41, 5.74) is 0.754. The topological polar surface area (TPSA) is 35.5 Å². The number of carbonyl (C=O) groups excluding carboxylic acids is 1. The molecule has 0 spiro atoms. The Hall–Kier alpha value is -1.03. The number of methoxy groups -OCH3 is 1. The van der Waals surface area contributed by atoms with Crippen LogP contribution in [0.4, 0.5) is 0 Å². The van der Waals surface area contributed by atoms with Gasteiger partial charge in [0.2, 0.25) is 0 Å². The molecular weight excluding hydrogens is 284 g/mol. The van der Waals surface area contributed by atoms with Crippen molar-refractivity contribution in [2.45, 2.75) is 12.8 Å². The monoisotopic (exact) mass is 298 g/mol. The molecule has 1 saturated carbocycles. The maximum atomic E-state index is 11.5. The van der Waals surface area contributed by atoms with Gasteiger partial charge in [-0.05, 0) is 25.0 Å². The Morgan fingerprint density at radius 2 is 2.12 bits per heavy atom. The van der Waals surface area contributed by atoms with E-state index >= 15 is 0 Å². The molecule has 1 aliphatic rings. The fourth-order valence-corrected chi connectivity index (χ4v) is 2.32. The van der Waals surface area contributed by atoms with E-state index in [2.05, 4.69) is 15.9 Å². The van der Waals surface area contributed by atoms with Crippen molar-refractivity contribution in [2.24, 2.45) is 5.41 Å². The summed E-state index contributed by atoms with van der Waals surface area (Å²) in [6, 6.07) is 7.18. The van der Waals surface area contributed by atoms with Crippen molar-refractivity contribution < 1.29 is 14.3 Å². The molecule has 1 aromatic rings. The first-order valence-electron chi connectivity index (χ1n) is 5.57. The molecular formula is C13H15BrO3. The molecule has 1 aliphatic carbocycles. The highest BCUT2D eigenvalue weighted by Crippen LogP contribution is 2.47. The summed E-state index contributed by atoms with van der Waals surface area (Å²) < 4.78 is 10.5. The molecule has 17 heavy (non-hydrogen) atoms. The van der Waals surface area contributed by atoms with Crippen molar-refractivity contribution in [1.29, 1.82) is 0 Å². The first-order chi connectivity index (χ1) is 8.21. The predicted octanol–water partition coefficient (Wildman–Crippen LogP) is 3.03. The summed E-state index contributed by atoms with van der Waals surface area (Å²) in [5, 5.41) is 0.945. The number of hydrogen-bond donors (Lipinski definition) is 0. The summed E-state index contributed by atoms with van der Waals surface area (Å²) in [5.74, 6) is 0.246. The fourth-order valence-electron chi connectivity index (χ4n) is 1.60. The van der Waals surface area contributed by atoms with Gasteiger partial charge in [-0.1, -0.05) is 28.1 Å². The van der Waals surface area contributed by atoms with Crippen LogP contribution in [-0.2, 0) is 4.74 Å². The van der Waals surface area contributed by atoms with Crippen LogP contribution in [0, 0.1) is 5.41 Å². The van der Waals surface area contributed by atoms with Crippen LogP contribution in [0.5, 0.6) is 5.75 Å². The molecule has 2 rings (SSSR count). The maximum absolute atomic E-state index is 11.5. The SMILES string of the molecule is COC(=O)c1ccccc1OCC1(CBr)CC1. The molecule has 1 aromatic carbocycles. The smallest absolute Gasteiger partial charge is 0.341 e. The lowest BCUT2D eigenvalue weighted by atomic mass is 10.1. The molecule has 0 bridgehead atoms. The summed E-state index contributed by atoms with van der Waals surface area (Å²) in [6.07, 6.45) is 2.36. The van der Waals surface area contributed by atoms with E-state index in [9.17, 15) is 4.79 Å². The molecule has 0 aromatic heterocycles. The molecule has 0 saturated heterocycles. The van der Waals surface area contributed by atoms with E-state index in [-0.39, 0.29) is 11.4 Å². The van der Waals surface area contributed by atoms with Gasteiger partial charge in [-0.15, -0.1) is 0 Å². The van der Waals surface area contributed by atoms with Gasteiger partial charge in [-0.3, -0.25) is 0 Å². The number of benzene rings is 1. The molecule has 92 valence electrons. The standard InChI is InChI=1S/C13H15BrO3/c1-16-12(15)10-4-2-3-5-11(10)17-9-13(8-14)6-7-13/h2-5H,6-9H2,1H3. The van der Waals surface area contributed by atoms with Gasteiger partial charge in [0.05, 0.1) is 13.7 Å². The van der Waals surface area contributed by atoms with Gasteiger partial charge in [0.25, 0.3) is 0 Å². The molecule has 0 radical (unpaired) electrons. The number of rotatable bonds is 5. The summed E-state index contributed by atoms with van der Waals surface area (Å²) >= 11 is 3.50. The van der Waals surface area contributed by atoms with Crippen LogP contribution in [0.2, 0.25) is 0 Å². The van der Waals surface area contributed by atoms with Crippen LogP contribution >= 0.6 is 15.9 Å². The van der Waals surface area contributed by atoms with Gasteiger partial charge in [-0.2, -0.15) is 0 Å². The zero-order valence-corrected chi connectivity index (χ0v) is 11.3. The molecule has 0 atom stereocenters. The second kappa shape index (κ2) is 5.08. The number of hydrogen-bond acceptors (Lipinski definition) is 3. The number of alkyl halides is 1. The first kappa shape index (κ1) is 12.4. The second-order valence-corrected chi connectivity index (χ2v) is 4.97. The van der Waals surface area contributed by atoms with Crippen LogP contribution < -0.4 is 4.74 Å². The molecule has 0 amide bonds. The Bertz CT molecular complexity index is 413. The van der Waals surface area contributed by atoms with E-state index in [0.717, 1.165) is 5.33 Å². The lowest BCUT2D eigenvalue weighted by Crippen LogP contribution is -2.16. The van der Waals surface area contributed by atoms with Crippen LogP contribution in [0.15, 0.2) is 24.3 Å². The second-order valence-electron chi connectivity index (χ2n) is 4.41. The molecule has 0 heterocycles. The Balaban J connectivity index is 2.07. The summed E-state index contributed by atoms with van der Waals surface area (Å²) in [7, 11) is 1.37. The van der Waals surface area contributed by atoms with Crippen LogP contribution in [0.1, 0.15) is 23.2 Å². The van der Waals surface area contributed by atoms with E-state index < -0.39 is 0 Å². The van der Waals surface area contributed by atoms with E-state index in [0.29, 0.717) is 17.9 Å². The normalized spacial score (nSPS) is 16.4. The third kappa shape index (κ3) is 2.80. The fraction of sp³-hybridized carbons (Fsp3) is 0.462. The van der Waals surface area contributed by atoms with Crippen molar-refractivity contribution >= 4 is 21.9 Å². The van der Waals surface area contributed by atoms with Gasteiger partial charge in [0.15, 0.2) is 0 Å². The zero-order valence-electron chi connectivity index (χ0n) is 9.74. The van der Waals surface area contributed by atoms with Gasteiger partial charge in [-0.25, -0.2) is 4.79 Å². The van der Waals surface area contributed by atoms with Crippen molar-refractivity contribution in [1.82, 2.24) is 0 Å². The van der Waals surface area contributed by atoms with Crippen LogP contribution in [-0.4, -0.2) is 25.0 Å². The molecule has 1 fully saturated rings. The third-order valence-corrected chi connectivity index (χ3v) is 4.26. The minimum atomic E-state index is -0.357.